The summed E-state index contributed by atoms with van der Waals surface area (Å²) >= 11 is 0. The Morgan fingerprint density at radius 1 is 1.38 bits per heavy atom. The number of aldehydes is 1. The quantitative estimate of drug-likeness (QED) is 0.659. The van der Waals surface area contributed by atoms with Crippen LogP contribution in [0.1, 0.15) is 18.4 Å². The van der Waals surface area contributed by atoms with Crippen molar-refractivity contribution in [3.8, 4) is 0 Å². The number of carbonyl (C=O) groups excluding carboxylic acids is 1. The fourth-order valence-corrected chi connectivity index (χ4v) is 1.13. The van der Waals surface area contributed by atoms with E-state index in [0.717, 1.165) is 0 Å². The van der Waals surface area contributed by atoms with Crippen LogP contribution in [0.15, 0.2) is 24.3 Å². The molecule has 3 heteroatoms. The second-order valence-electron chi connectivity index (χ2n) is 2.89. The van der Waals surface area contributed by atoms with Crippen molar-refractivity contribution < 1.29 is 13.6 Å². The van der Waals surface area contributed by atoms with Crippen LogP contribution in [-0.4, -0.2) is 12.5 Å². The molecule has 0 aliphatic rings. The van der Waals surface area contributed by atoms with Crippen molar-refractivity contribution in [1.29, 1.82) is 0 Å². The summed E-state index contributed by atoms with van der Waals surface area (Å²) in [6, 6.07) is 5.88. The van der Waals surface area contributed by atoms with Crippen molar-refractivity contribution in [1.82, 2.24) is 0 Å². The van der Waals surface area contributed by atoms with Crippen LogP contribution in [0.2, 0.25) is 0 Å². The molecule has 0 heterocycles. The fourth-order valence-electron chi connectivity index (χ4n) is 1.13. The highest BCUT2D eigenvalue weighted by molar-refractivity contribution is 5.58. The van der Waals surface area contributed by atoms with Crippen LogP contribution in [0, 0.1) is 5.82 Å². The van der Waals surface area contributed by atoms with Gasteiger partial charge >= 0.3 is 0 Å². The molecule has 0 unspecified atom stereocenters. The molecule has 2 atom stereocenters. The van der Waals surface area contributed by atoms with Crippen molar-refractivity contribution in [2.24, 2.45) is 0 Å². The molecule has 1 rings (SSSR count). The molecule has 1 nitrogen and oxygen atoms in total. The largest absolute Gasteiger partial charge is 0.300 e. The third-order valence-corrected chi connectivity index (χ3v) is 2.00. The first-order chi connectivity index (χ1) is 6.16. The van der Waals surface area contributed by atoms with Crippen molar-refractivity contribution in [2.45, 2.75) is 19.0 Å². The summed E-state index contributed by atoms with van der Waals surface area (Å²) in [5.41, 5.74) is 0.238. The topological polar surface area (TPSA) is 17.1 Å². The Bertz CT molecular complexity index is 299. The minimum Gasteiger partial charge on any atom is -0.300 e. The van der Waals surface area contributed by atoms with E-state index in [1.165, 1.54) is 25.1 Å². The van der Waals surface area contributed by atoms with Crippen LogP contribution in [0.3, 0.4) is 0 Å². The lowest BCUT2D eigenvalue weighted by Crippen LogP contribution is -2.13. The zero-order chi connectivity index (χ0) is 9.84. The molecule has 70 valence electrons. The van der Waals surface area contributed by atoms with Gasteiger partial charge in [-0.05, 0) is 11.6 Å². The van der Waals surface area contributed by atoms with Gasteiger partial charge in [-0.15, -0.1) is 0 Å². The van der Waals surface area contributed by atoms with E-state index in [2.05, 4.69) is 0 Å². The monoisotopic (exact) mass is 184 g/mol. The van der Waals surface area contributed by atoms with Crippen molar-refractivity contribution in [3.05, 3.63) is 35.6 Å². The van der Waals surface area contributed by atoms with Gasteiger partial charge in [0.1, 0.15) is 5.82 Å². The van der Waals surface area contributed by atoms with Crippen LogP contribution in [0.5, 0.6) is 0 Å². The van der Waals surface area contributed by atoms with Crippen LogP contribution >= 0.6 is 0 Å². The van der Waals surface area contributed by atoms with Gasteiger partial charge in [0.2, 0.25) is 0 Å². The number of benzene rings is 1. The third kappa shape index (κ3) is 2.11. The summed E-state index contributed by atoms with van der Waals surface area (Å²) in [5, 5.41) is 0. The van der Waals surface area contributed by atoms with Gasteiger partial charge in [0, 0.05) is 5.92 Å². The summed E-state index contributed by atoms with van der Waals surface area (Å²) in [4.78, 5) is 10.1. The molecule has 0 spiro atoms. The molecular formula is C10H10F2O. The molecule has 0 radical (unpaired) electrons. The highest BCUT2D eigenvalue weighted by Crippen LogP contribution is 2.22. The van der Waals surface area contributed by atoms with E-state index < -0.39 is 17.9 Å². The highest BCUT2D eigenvalue weighted by atomic mass is 19.1. The van der Waals surface area contributed by atoms with Gasteiger partial charge < -0.3 is 4.79 Å². The Hall–Kier alpha value is -1.25. The Kier molecular flexibility index (Phi) is 3.12. The molecule has 1 aromatic rings. The molecule has 0 amide bonds. The molecule has 0 bridgehead atoms. The first-order valence-corrected chi connectivity index (χ1v) is 4.00. The Morgan fingerprint density at radius 3 is 2.54 bits per heavy atom. The summed E-state index contributed by atoms with van der Waals surface area (Å²) in [5.74, 6) is -1.20. The van der Waals surface area contributed by atoms with E-state index in [-0.39, 0.29) is 11.8 Å². The van der Waals surface area contributed by atoms with Gasteiger partial charge in [0.05, 0.1) is 0 Å². The van der Waals surface area contributed by atoms with Crippen LogP contribution in [0.25, 0.3) is 0 Å². The average molecular weight is 184 g/mol. The van der Waals surface area contributed by atoms with Crippen LogP contribution < -0.4 is 0 Å². The minimum atomic E-state index is -1.64. The minimum absolute atomic E-state index is 0.192. The Balaban J connectivity index is 2.94. The van der Waals surface area contributed by atoms with Crippen molar-refractivity contribution in [3.63, 3.8) is 0 Å². The first kappa shape index (κ1) is 9.84. The van der Waals surface area contributed by atoms with E-state index in [1.54, 1.807) is 6.07 Å². The molecule has 0 N–H and O–H groups in total. The molecule has 0 aliphatic carbocycles. The molecule has 0 saturated carbocycles. The maximum Gasteiger partial charge on any atom is 0.162 e. The number of carbonyl (C=O) groups is 1. The third-order valence-electron chi connectivity index (χ3n) is 2.00. The molecule has 1 aromatic carbocycles. The maximum absolute atomic E-state index is 13.1. The van der Waals surface area contributed by atoms with E-state index in [1.807, 2.05) is 0 Å². The smallest absolute Gasteiger partial charge is 0.162 e. The Labute approximate surface area is 75.4 Å². The van der Waals surface area contributed by atoms with Gasteiger partial charge in [-0.25, -0.2) is 8.78 Å². The lowest BCUT2D eigenvalue weighted by atomic mass is 9.97. The number of rotatable bonds is 3. The van der Waals surface area contributed by atoms with Gasteiger partial charge in [0.15, 0.2) is 12.5 Å². The van der Waals surface area contributed by atoms with Crippen LogP contribution in [0.4, 0.5) is 8.78 Å². The predicted octanol–water partition coefficient (Wildman–Crippen LogP) is 2.47. The Morgan fingerprint density at radius 2 is 2.00 bits per heavy atom. The van der Waals surface area contributed by atoms with Gasteiger partial charge in [-0.3, -0.25) is 0 Å². The van der Waals surface area contributed by atoms with E-state index in [0.29, 0.717) is 0 Å². The van der Waals surface area contributed by atoms with Gasteiger partial charge in [0.25, 0.3) is 0 Å². The standard InChI is InChI=1S/C10H10F2O/c1-7(10(12)6-13)8-4-2-3-5-9(8)11/h2-7,10H,1H3/t7-,10+/m1/s1. The number of alkyl halides is 1. The van der Waals surface area contributed by atoms with Gasteiger partial charge in [-0.1, -0.05) is 25.1 Å². The first-order valence-electron chi connectivity index (χ1n) is 4.00. The maximum atomic E-state index is 13.1. The lowest BCUT2D eigenvalue weighted by molar-refractivity contribution is -0.112. The van der Waals surface area contributed by atoms with E-state index in [4.69, 9.17) is 0 Å². The molecular weight excluding hydrogens is 174 g/mol. The summed E-state index contributed by atoms with van der Waals surface area (Å²) in [7, 11) is 0. The molecule has 0 aromatic heterocycles. The normalized spacial score (nSPS) is 15.0. The molecule has 0 saturated heterocycles. The highest BCUT2D eigenvalue weighted by Gasteiger charge is 2.19. The number of hydrogen-bond donors (Lipinski definition) is 0. The molecule has 0 aliphatic heterocycles. The average Bonchev–Trinajstić information content (AvgIpc) is 2.16. The molecule has 0 fully saturated rings. The van der Waals surface area contributed by atoms with E-state index in [9.17, 15) is 13.6 Å². The second kappa shape index (κ2) is 4.12. The summed E-state index contributed by atoms with van der Waals surface area (Å²) < 4.78 is 25.9. The van der Waals surface area contributed by atoms with Gasteiger partial charge in [-0.2, -0.15) is 0 Å². The fraction of sp³-hybridized carbons (Fsp3) is 0.300. The SMILES string of the molecule is C[C@H](c1ccccc1F)[C@@H](F)C=O. The van der Waals surface area contributed by atoms with Crippen molar-refractivity contribution in [2.75, 3.05) is 0 Å². The zero-order valence-electron chi connectivity index (χ0n) is 7.21. The zero-order valence-corrected chi connectivity index (χ0v) is 7.21. The second-order valence-corrected chi connectivity index (χ2v) is 2.89. The summed E-state index contributed by atoms with van der Waals surface area (Å²) in [6.07, 6.45) is -1.45. The lowest BCUT2D eigenvalue weighted by Gasteiger charge is -2.12. The van der Waals surface area contributed by atoms with Crippen LogP contribution in [-0.2, 0) is 4.79 Å². The van der Waals surface area contributed by atoms with E-state index >= 15 is 0 Å². The predicted molar refractivity (Wildman–Crippen MR) is 45.8 cm³/mol. The summed E-state index contributed by atoms with van der Waals surface area (Å²) in [6.45, 7) is 1.48. The number of hydrogen-bond acceptors (Lipinski definition) is 1. The molecule has 13 heavy (non-hydrogen) atoms. The number of halogens is 2. The van der Waals surface area contributed by atoms with Crippen molar-refractivity contribution >= 4 is 6.29 Å².